The highest BCUT2D eigenvalue weighted by molar-refractivity contribution is 7.99. The number of thioether (sulfide) groups is 1. The number of carboxylic acids is 1. The molecule has 2 rings (SSSR count). The van der Waals surface area contributed by atoms with Crippen LogP contribution in [0.2, 0.25) is 0 Å². The molecule has 0 amide bonds. The maximum atomic E-state index is 12.4. The van der Waals surface area contributed by atoms with Gasteiger partial charge in [-0.15, -0.1) is 0 Å². The summed E-state index contributed by atoms with van der Waals surface area (Å²) in [6.45, 7) is 1.66. The van der Waals surface area contributed by atoms with Crippen LogP contribution in [0.5, 0.6) is 0 Å². The second-order valence-corrected chi connectivity index (χ2v) is 7.65. The van der Waals surface area contributed by atoms with Crippen LogP contribution in [0.4, 0.5) is 0 Å². The molecule has 1 aliphatic heterocycles. The van der Waals surface area contributed by atoms with Crippen LogP contribution >= 0.6 is 11.8 Å². The summed E-state index contributed by atoms with van der Waals surface area (Å²) in [5.41, 5.74) is 0.528. The number of rotatable bonds is 4. The third-order valence-corrected chi connectivity index (χ3v) is 6.08. The smallest absolute Gasteiger partial charge is 0.335 e. The van der Waals surface area contributed by atoms with Crippen molar-refractivity contribution in [2.45, 2.75) is 30.7 Å². The Morgan fingerprint density at radius 3 is 2.80 bits per heavy atom. The first-order chi connectivity index (χ1) is 9.40. The Bertz CT molecular complexity index is 607. The molecular formula is C13H17NO4S2. The van der Waals surface area contributed by atoms with Crippen molar-refractivity contribution in [1.29, 1.82) is 0 Å². The molecule has 20 heavy (non-hydrogen) atoms. The average Bonchev–Trinajstić information content (AvgIpc) is 2.39. The summed E-state index contributed by atoms with van der Waals surface area (Å²) >= 11 is 1.73. The maximum Gasteiger partial charge on any atom is 0.335 e. The standard InChI is InChI=1S/C13H17NO4S2/c1-9-4-5-10(13(15)16)7-12(9)20(17,18)14-11-3-2-6-19-8-11/h4-5,7,11,14H,2-3,6,8H2,1H3,(H,15,16). The fourth-order valence-corrected chi connectivity index (χ4v) is 4.86. The van der Waals surface area contributed by atoms with Crippen LogP contribution in [0.15, 0.2) is 23.1 Å². The molecule has 1 heterocycles. The first kappa shape index (κ1) is 15.3. The highest BCUT2D eigenvalue weighted by Gasteiger charge is 2.24. The van der Waals surface area contributed by atoms with Crippen LogP contribution in [0, 0.1) is 6.92 Å². The molecule has 1 unspecified atom stereocenters. The van der Waals surface area contributed by atoms with Crippen molar-refractivity contribution >= 4 is 27.8 Å². The molecule has 0 bridgehead atoms. The Balaban J connectivity index is 2.28. The molecule has 1 saturated heterocycles. The van der Waals surface area contributed by atoms with Gasteiger partial charge in [0.1, 0.15) is 0 Å². The molecule has 1 atom stereocenters. The lowest BCUT2D eigenvalue weighted by molar-refractivity contribution is 0.0696. The summed E-state index contributed by atoms with van der Waals surface area (Å²) in [6.07, 6.45) is 1.82. The molecule has 0 aliphatic carbocycles. The third kappa shape index (κ3) is 3.53. The Labute approximate surface area is 122 Å². The lowest BCUT2D eigenvalue weighted by atomic mass is 10.1. The molecule has 1 aromatic carbocycles. The van der Waals surface area contributed by atoms with Gasteiger partial charge in [-0.2, -0.15) is 11.8 Å². The molecule has 1 aliphatic rings. The molecule has 1 fully saturated rings. The van der Waals surface area contributed by atoms with E-state index in [4.69, 9.17) is 5.11 Å². The molecule has 7 heteroatoms. The largest absolute Gasteiger partial charge is 0.478 e. The fraction of sp³-hybridized carbons (Fsp3) is 0.462. The van der Waals surface area contributed by atoms with E-state index in [1.807, 2.05) is 0 Å². The van der Waals surface area contributed by atoms with Crippen LogP contribution in [0.1, 0.15) is 28.8 Å². The van der Waals surface area contributed by atoms with E-state index in [9.17, 15) is 13.2 Å². The third-order valence-electron chi connectivity index (χ3n) is 3.21. The number of hydrogen-bond donors (Lipinski definition) is 2. The van der Waals surface area contributed by atoms with Crippen LogP contribution in [-0.2, 0) is 10.0 Å². The van der Waals surface area contributed by atoms with E-state index in [1.54, 1.807) is 18.7 Å². The van der Waals surface area contributed by atoms with Gasteiger partial charge in [0.15, 0.2) is 0 Å². The van der Waals surface area contributed by atoms with Crippen molar-refractivity contribution in [3.05, 3.63) is 29.3 Å². The zero-order chi connectivity index (χ0) is 14.8. The van der Waals surface area contributed by atoms with E-state index in [0.29, 0.717) is 5.56 Å². The SMILES string of the molecule is Cc1ccc(C(=O)O)cc1S(=O)(=O)NC1CCCSC1. The Kier molecular flexibility index (Phi) is 4.72. The summed E-state index contributed by atoms with van der Waals surface area (Å²) in [7, 11) is -3.67. The molecule has 2 N–H and O–H groups in total. The monoisotopic (exact) mass is 315 g/mol. The van der Waals surface area contributed by atoms with Crippen molar-refractivity contribution in [1.82, 2.24) is 4.72 Å². The summed E-state index contributed by atoms with van der Waals surface area (Å²) in [4.78, 5) is 11.0. The molecule has 110 valence electrons. The minimum absolute atomic E-state index is 0.0194. The lowest BCUT2D eigenvalue weighted by Gasteiger charge is -2.22. The van der Waals surface area contributed by atoms with E-state index in [1.165, 1.54) is 18.2 Å². The summed E-state index contributed by atoms with van der Waals surface area (Å²) in [5.74, 6) is 0.692. The van der Waals surface area contributed by atoms with Crippen LogP contribution in [-0.4, -0.2) is 37.0 Å². The zero-order valence-electron chi connectivity index (χ0n) is 11.1. The highest BCUT2D eigenvalue weighted by Crippen LogP contribution is 2.21. The minimum Gasteiger partial charge on any atom is -0.478 e. The summed E-state index contributed by atoms with van der Waals surface area (Å²) < 4.78 is 27.4. The van der Waals surface area contributed by atoms with E-state index < -0.39 is 16.0 Å². The molecule has 1 aromatic rings. The van der Waals surface area contributed by atoms with E-state index in [-0.39, 0.29) is 16.5 Å². The van der Waals surface area contributed by atoms with Crippen molar-refractivity contribution in [3.63, 3.8) is 0 Å². The van der Waals surface area contributed by atoms with Gasteiger partial charge < -0.3 is 5.11 Å². The van der Waals surface area contributed by atoms with Gasteiger partial charge in [-0.05, 0) is 43.2 Å². The van der Waals surface area contributed by atoms with Gasteiger partial charge in [0.2, 0.25) is 10.0 Å². The van der Waals surface area contributed by atoms with Gasteiger partial charge in [0.25, 0.3) is 0 Å². The predicted octanol–water partition coefficient (Wildman–Crippen LogP) is 1.87. The predicted molar refractivity (Wildman–Crippen MR) is 78.8 cm³/mol. The Hall–Kier alpha value is -1.05. The van der Waals surface area contributed by atoms with Crippen LogP contribution in [0.25, 0.3) is 0 Å². The normalized spacial score (nSPS) is 19.8. The number of aryl methyl sites for hydroxylation is 1. The minimum atomic E-state index is -3.67. The van der Waals surface area contributed by atoms with E-state index in [0.717, 1.165) is 24.3 Å². The Morgan fingerprint density at radius 1 is 1.45 bits per heavy atom. The van der Waals surface area contributed by atoms with Crippen molar-refractivity contribution in [3.8, 4) is 0 Å². The number of benzene rings is 1. The van der Waals surface area contributed by atoms with E-state index in [2.05, 4.69) is 4.72 Å². The highest BCUT2D eigenvalue weighted by atomic mass is 32.2. The average molecular weight is 315 g/mol. The summed E-state index contributed by atoms with van der Waals surface area (Å²) in [5, 5.41) is 8.97. The molecule has 0 spiro atoms. The topological polar surface area (TPSA) is 83.5 Å². The van der Waals surface area contributed by atoms with Crippen molar-refractivity contribution in [2.75, 3.05) is 11.5 Å². The first-order valence-electron chi connectivity index (χ1n) is 6.34. The van der Waals surface area contributed by atoms with Gasteiger partial charge in [0, 0.05) is 11.8 Å². The van der Waals surface area contributed by atoms with Gasteiger partial charge in [-0.25, -0.2) is 17.9 Å². The second kappa shape index (κ2) is 6.15. The van der Waals surface area contributed by atoms with Crippen LogP contribution in [0.3, 0.4) is 0 Å². The van der Waals surface area contributed by atoms with Crippen molar-refractivity contribution in [2.24, 2.45) is 0 Å². The fourth-order valence-electron chi connectivity index (χ4n) is 2.14. The number of hydrogen-bond acceptors (Lipinski definition) is 4. The van der Waals surface area contributed by atoms with Gasteiger partial charge in [0.05, 0.1) is 10.5 Å². The summed E-state index contributed by atoms with van der Waals surface area (Å²) in [6, 6.07) is 4.07. The lowest BCUT2D eigenvalue weighted by Crippen LogP contribution is -2.38. The molecule has 5 nitrogen and oxygen atoms in total. The second-order valence-electron chi connectivity index (χ2n) is 4.82. The maximum absolute atomic E-state index is 12.4. The molecule has 0 aromatic heterocycles. The Morgan fingerprint density at radius 2 is 2.20 bits per heavy atom. The first-order valence-corrected chi connectivity index (χ1v) is 8.98. The number of carbonyl (C=O) groups is 1. The number of aromatic carboxylic acids is 1. The van der Waals surface area contributed by atoms with E-state index >= 15 is 0 Å². The molecule has 0 saturated carbocycles. The van der Waals surface area contributed by atoms with Gasteiger partial charge >= 0.3 is 5.97 Å². The molecular weight excluding hydrogens is 298 g/mol. The van der Waals surface area contributed by atoms with Crippen LogP contribution < -0.4 is 4.72 Å². The number of carboxylic acid groups (broad SMARTS) is 1. The quantitative estimate of drug-likeness (QED) is 0.886. The van der Waals surface area contributed by atoms with Gasteiger partial charge in [-0.3, -0.25) is 0 Å². The molecule has 0 radical (unpaired) electrons. The van der Waals surface area contributed by atoms with Crippen molar-refractivity contribution < 1.29 is 18.3 Å². The number of sulfonamides is 1. The zero-order valence-corrected chi connectivity index (χ0v) is 12.8. The van der Waals surface area contributed by atoms with Gasteiger partial charge in [-0.1, -0.05) is 6.07 Å². The number of nitrogens with one attached hydrogen (secondary N) is 1.